The minimum absolute atomic E-state index is 0.230. The third-order valence-electron chi connectivity index (χ3n) is 5.88. The highest BCUT2D eigenvalue weighted by molar-refractivity contribution is 6.09. The third kappa shape index (κ3) is 3.28. The number of amides is 4. The molecule has 2 aliphatic rings. The van der Waals surface area contributed by atoms with E-state index in [-0.39, 0.29) is 12.5 Å². The summed E-state index contributed by atoms with van der Waals surface area (Å²) in [5.74, 6) is -0.630. The molecule has 2 aromatic carbocycles. The van der Waals surface area contributed by atoms with Gasteiger partial charge in [-0.3, -0.25) is 14.5 Å². The number of carbonyl (C=O) groups is 3. The van der Waals surface area contributed by atoms with Gasteiger partial charge in [-0.1, -0.05) is 42.5 Å². The summed E-state index contributed by atoms with van der Waals surface area (Å²) in [7, 11) is 0. The van der Waals surface area contributed by atoms with E-state index in [2.05, 4.69) is 11.4 Å². The number of hydrogen-bond acceptors (Lipinski definition) is 3. The predicted octanol–water partition coefficient (Wildman–Crippen LogP) is 3.52. The van der Waals surface area contributed by atoms with Gasteiger partial charge in [-0.25, -0.2) is 4.79 Å². The smallest absolute Gasteiger partial charge is 0.319 e. The average Bonchev–Trinajstić information content (AvgIpc) is 3.32. The lowest BCUT2D eigenvalue weighted by molar-refractivity contribution is -0.137. The van der Waals surface area contributed by atoms with Crippen molar-refractivity contribution in [1.82, 2.24) is 15.1 Å². The van der Waals surface area contributed by atoms with Crippen LogP contribution in [0.25, 0.3) is 10.8 Å². The first kappa shape index (κ1) is 19.2. The fourth-order valence-corrected chi connectivity index (χ4v) is 4.20. The lowest BCUT2D eigenvalue weighted by Crippen LogP contribution is -2.44. The SMILES string of the molecule is CCN(C(=O)CN1C(=O)N[C@](C)(c2ccc3ccccc3c2)C1=O)C1=CCCC1. The summed E-state index contributed by atoms with van der Waals surface area (Å²) >= 11 is 0. The number of allylic oxidation sites excluding steroid dienone is 2. The second-order valence-electron chi connectivity index (χ2n) is 7.73. The second kappa shape index (κ2) is 7.35. The Labute approximate surface area is 170 Å². The molecule has 2 aromatic rings. The minimum Gasteiger partial charge on any atom is -0.319 e. The van der Waals surface area contributed by atoms with Crippen LogP contribution in [0, 0.1) is 0 Å². The molecule has 1 atom stereocenters. The van der Waals surface area contributed by atoms with Gasteiger partial charge in [0.05, 0.1) is 0 Å². The zero-order chi connectivity index (χ0) is 20.6. The Kier molecular flexibility index (Phi) is 4.86. The van der Waals surface area contributed by atoms with E-state index >= 15 is 0 Å². The maximum atomic E-state index is 13.2. The minimum atomic E-state index is -1.19. The van der Waals surface area contributed by atoms with Crippen LogP contribution >= 0.6 is 0 Å². The fraction of sp³-hybridized carbons (Fsp3) is 0.348. The second-order valence-corrected chi connectivity index (χ2v) is 7.73. The van der Waals surface area contributed by atoms with Gasteiger partial charge in [0.25, 0.3) is 5.91 Å². The zero-order valence-electron chi connectivity index (χ0n) is 16.8. The largest absolute Gasteiger partial charge is 0.325 e. The number of hydrogen-bond donors (Lipinski definition) is 1. The molecule has 150 valence electrons. The molecule has 0 aromatic heterocycles. The highest BCUT2D eigenvalue weighted by Gasteiger charge is 2.49. The van der Waals surface area contributed by atoms with Crippen molar-refractivity contribution in [3.63, 3.8) is 0 Å². The quantitative estimate of drug-likeness (QED) is 0.793. The number of carbonyl (C=O) groups excluding carboxylic acids is 3. The summed E-state index contributed by atoms with van der Waals surface area (Å²) < 4.78 is 0. The van der Waals surface area contributed by atoms with E-state index in [9.17, 15) is 14.4 Å². The maximum Gasteiger partial charge on any atom is 0.325 e. The molecule has 6 nitrogen and oxygen atoms in total. The van der Waals surface area contributed by atoms with Crippen LogP contribution in [0.1, 0.15) is 38.7 Å². The van der Waals surface area contributed by atoms with Crippen molar-refractivity contribution in [2.75, 3.05) is 13.1 Å². The molecule has 1 fully saturated rings. The molecule has 1 aliphatic heterocycles. The molecular formula is C23H25N3O3. The van der Waals surface area contributed by atoms with Crippen molar-refractivity contribution in [2.45, 2.75) is 38.6 Å². The van der Waals surface area contributed by atoms with Crippen molar-refractivity contribution in [2.24, 2.45) is 0 Å². The van der Waals surface area contributed by atoms with Crippen molar-refractivity contribution in [3.05, 3.63) is 59.8 Å². The highest BCUT2D eigenvalue weighted by atomic mass is 16.2. The number of nitrogens with one attached hydrogen (secondary N) is 1. The third-order valence-corrected chi connectivity index (χ3v) is 5.88. The van der Waals surface area contributed by atoms with E-state index in [0.717, 1.165) is 40.6 Å². The lowest BCUT2D eigenvalue weighted by atomic mass is 9.90. The Morgan fingerprint density at radius 3 is 2.62 bits per heavy atom. The number of fused-ring (bicyclic) bond motifs is 1. The van der Waals surface area contributed by atoms with Crippen LogP contribution in [-0.2, 0) is 15.1 Å². The number of urea groups is 1. The molecular weight excluding hydrogens is 366 g/mol. The average molecular weight is 391 g/mol. The summed E-state index contributed by atoms with van der Waals surface area (Å²) in [6, 6.07) is 13.0. The predicted molar refractivity (Wildman–Crippen MR) is 111 cm³/mol. The van der Waals surface area contributed by atoms with Gasteiger partial charge in [-0.15, -0.1) is 0 Å². The van der Waals surface area contributed by atoms with Gasteiger partial charge in [0.15, 0.2) is 0 Å². The van der Waals surface area contributed by atoms with Crippen LogP contribution in [0.4, 0.5) is 4.79 Å². The van der Waals surface area contributed by atoms with Crippen molar-refractivity contribution in [3.8, 4) is 0 Å². The zero-order valence-corrected chi connectivity index (χ0v) is 16.8. The van der Waals surface area contributed by atoms with Crippen LogP contribution in [-0.4, -0.2) is 40.7 Å². The van der Waals surface area contributed by atoms with Gasteiger partial charge < -0.3 is 10.2 Å². The molecule has 6 heteroatoms. The van der Waals surface area contributed by atoms with Crippen molar-refractivity contribution >= 4 is 28.6 Å². The Hall–Kier alpha value is -3.15. The van der Waals surface area contributed by atoms with Crippen molar-refractivity contribution in [1.29, 1.82) is 0 Å². The van der Waals surface area contributed by atoms with Gasteiger partial charge in [0.2, 0.25) is 5.91 Å². The summed E-state index contributed by atoms with van der Waals surface area (Å²) in [4.78, 5) is 41.4. The topological polar surface area (TPSA) is 69.7 Å². The Bertz CT molecular complexity index is 1030. The first-order valence-electron chi connectivity index (χ1n) is 10.1. The van der Waals surface area contributed by atoms with Gasteiger partial charge in [0, 0.05) is 12.2 Å². The number of imide groups is 1. The monoisotopic (exact) mass is 391 g/mol. The Morgan fingerprint density at radius 1 is 1.17 bits per heavy atom. The number of benzene rings is 2. The summed E-state index contributed by atoms with van der Waals surface area (Å²) in [6.07, 6.45) is 4.91. The van der Waals surface area contributed by atoms with Crippen LogP contribution < -0.4 is 5.32 Å². The molecule has 1 aliphatic carbocycles. The normalized spacial score (nSPS) is 21.4. The van der Waals surface area contributed by atoms with E-state index in [1.807, 2.05) is 49.4 Å². The van der Waals surface area contributed by atoms with E-state index in [4.69, 9.17) is 0 Å². The summed E-state index contributed by atoms with van der Waals surface area (Å²) in [6.45, 7) is 3.87. The molecule has 1 N–H and O–H groups in total. The molecule has 0 unspecified atom stereocenters. The van der Waals surface area contributed by atoms with Crippen LogP contribution in [0.2, 0.25) is 0 Å². The fourth-order valence-electron chi connectivity index (χ4n) is 4.20. The van der Waals surface area contributed by atoms with Crippen LogP contribution in [0.15, 0.2) is 54.2 Å². The highest BCUT2D eigenvalue weighted by Crippen LogP contribution is 2.31. The molecule has 4 rings (SSSR count). The van der Waals surface area contributed by atoms with E-state index in [0.29, 0.717) is 12.1 Å². The van der Waals surface area contributed by atoms with E-state index < -0.39 is 17.5 Å². The van der Waals surface area contributed by atoms with Gasteiger partial charge >= 0.3 is 6.03 Å². The summed E-state index contributed by atoms with van der Waals surface area (Å²) in [5.41, 5.74) is 0.502. The molecule has 0 radical (unpaired) electrons. The lowest BCUT2D eigenvalue weighted by Gasteiger charge is -2.25. The van der Waals surface area contributed by atoms with E-state index in [1.54, 1.807) is 11.8 Å². The van der Waals surface area contributed by atoms with Crippen LogP contribution in [0.5, 0.6) is 0 Å². The van der Waals surface area contributed by atoms with Gasteiger partial charge in [-0.05, 0) is 55.5 Å². The molecule has 29 heavy (non-hydrogen) atoms. The number of rotatable bonds is 5. The molecule has 0 bridgehead atoms. The molecule has 1 saturated heterocycles. The number of likely N-dealkylation sites (N-methyl/N-ethyl adjacent to an activating group) is 1. The summed E-state index contributed by atoms with van der Waals surface area (Å²) in [5, 5.41) is 4.85. The molecule has 4 amide bonds. The van der Waals surface area contributed by atoms with Crippen LogP contribution in [0.3, 0.4) is 0 Å². The van der Waals surface area contributed by atoms with Gasteiger partial charge in [0.1, 0.15) is 12.1 Å². The first-order valence-corrected chi connectivity index (χ1v) is 10.1. The standard InChI is InChI=1S/C23H25N3O3/c1-3-25(19-10-6-7-11-19)20(27)15-26-21(28)23(2,24-22(26)29)18-13-12-16-8-4-5-9-17(16)14-18/h4-5,8-10,12-14H,3,6-7,11,15H2,1-2H3,(H,24,29)/t23-/m1/s1. The van der Waals surface area contributed by atoms with E-state index in [1.165, 1.54) is 0 Å². The molecule has 0 saturated carbocycles. The van der Waals surface area contributed by atoms with Crippen molar-refractivity contribution < 1.29 is 14.4 Å². The molecule has 1 heterocycles. The first-order chi connectivity index (χ1) is 13.9. The van der Waals surface area contributed by atoms with Gasteiger partial charge in [-0.2, -0.15) is 0 Å². The molecule has 0 spiro atoms. The Morgan fingerprint density at radius 2 is 1.93 bits per heavy atom. The maximum absolute atomic E-state index is 13.2. The Balaban J connectivity index is 1.58. The number of nitrogens with zero attached hydrogens (tertiary/aromatic N) is 2.